The number of carboxylic acid groups (broad SMARTS) is 1. The van der Waals surface area contributed by atoms with Crippen LogP contribution < -0.4 is 0 Å². The fraction of sp³-hybridized carbons (Fsp3) is 0.778. The van der Waals surface area contributed by atoms with E-state index in [-0.39, 0.29) is 13.0 Å². The number of aliphatic carboxylic acids is 1. The van der Waals surface area contributed by atoms with Crippen LogP contribution in [0.2, 0.25) is 0 Å². The number of carbonyl (C=O) groups excluding carboxylic acids is 1. The Morgan fingerprint density at radius 3 is 2.41 bits per heavy atom. The number of hydrogen-bond donors (Lipinski definition) is 2. The molecule has 0 spiro atoms. The van der Waals surface area contributed by atoms with Crippen LogP contribution in [0.3, 0.4) is 0 Å². The first-order valence-corrected chi connectivity index (χ1v) is 4.98. The minimum atomic E-state index is -4.45. The van der Waals surface area contributed by atoms with E-state index in [0.717, 1.165) is 4.90 Å². The first-order chi connectivity index (χ1) is 7.70. The van der Waals surface area contributed by atoms with Gasteiger partial charge in [0.15, 0.2) is 0 Å². The molecule has 5 nitrogen and oxygen atoms in total. The zero-order valence-corrected chi connectivity index (χ0v) is 8.78. The van der Waals surface area contributed by atoms with Gasteiger partial charge >= 0.3 is 12.1 Å². The van der Waals surface area contributed by atoms with Crippen molar-refractivity contribution in [2.75, 3.05) is 6.54 Å². The molecule has 1 unspecified atom stereocenters. The van der Waals surface area contributed by atoms with Crippen LogP contribution >= 0.6 is 0 Å². The molecule has 1 fully saturated rings. The number of amides is 1. The van der Waals surface area contributed by atoms with Crippen molar-refractivity contribution < 1.29 is 33.0 Å². The predicted octanol–water partition coefficient (Wildman–Crippen LogP) is 0.375. The van der Waals surface area contributed by atoms with E-state index in [0.29, 0.717) is 0 Å². The molecule has 17 heavy (non-hydrogen) atoms. The average molecular weight is 255 g/mol. The summed E-state index contributed by atoms with van der Waals surface area (Å²) >= 11 is 0. The van der Waals surface area contributed by atoms with E-state index < -0.39 is 43.0 Å². The van der Waals surface area contributed by atoms with Gasteiger partial charge in [0.2, 0.25) is 5.91 Å². The summed E-state index contributed by atoms with van der Waals surface area (Å²) in [7, 11) is 0. The molecule has 1 heterocycles. The van der Waals surface area contributed by atoms with Crippen LogP contribution in [-0.4, -0.2) is 51.9 Å². The number of carboxylic acids is 1. The number of hydrogen-bond acceptors (Lipinski definition) is 3. The van der Waals surface area contributed by atoms with Crippen LogP contribution in [0.4, 0.5) is 13.2 Å². The Hall–Kier alpha value is -1.31. The van der Waals surface area contributed by atoms with E-state index in [2.05, 4.69) is 0 Å². The quantitative estimate of drug-likeness (QED) is 0.764. The summed E-state index contributed by atoms with van der Waals surface area (Å²) < 4.78 is 35.7. The second kappa shape index (κ2) is 4.91. The van der Waals surface area contributed by atoms with Crippen molar-refractivity contribution in [3.05, 3.63) is 0 Å². The van der Waals surface area contributed by atoms with Crippen molar-refractivity contribution in [2.24, 2.45) is 0 Å². The molecule has 0 aliphatic carbocycles. The molecule has 0 bridgehead atoms. The number of aliphatic hydroxyl groups excluding tert-OH is 1. The molecule has 0 aromatic carbocycles. The van der Waals surface area contributed by atoms with Crippen LogP contribution in [0.1, 0.15) is 19.3 Å². The Balaban J connectivity index is 2.59. The van der Waals surface area contributed by atoms with Gasteiger partial charge in [-0.05, 0) is 0 Å². The molecule has 2 N–H and O–H groups in total. The van der Waals surface area contributed by atoms with E-state index in [1.54, 1.807) is 0 Å². The number of β-amino-alcohol motifs (C(OH)–C–C–N with tert-alkyl or cyclic N) is 1. The number of nitrogens with zero attached hydrogens (tertiary/aromatic N) is 1. The topological polar surface area (TPSA) is 77.8 Å². The summed E-state index contributed by atoms with van der Waals surface area (Å²) in [5, 5.41) is 18.0. The monoisotopic (exact) mass is 255 g/mol. The van der Waals surface area contributed by atoms with Gasteiger partial charge in [-0.15, -0.1) is 0 Å². The average Bonchev–Trinajstić information content (AvgIpc) is 2.55. The Morgan fingerprint density at radius 1 is 1.35 bits per heavy atom. The summed E-state index contributed by atoms with van der Waals surface area (Å²) in [5.74, 6) is -2.21. The van der Waals surface area contributed by atoms with Crippen LogP contribution in [-0.2, 0) is 9.59 Å². The Labute approximate surface area is 94.8 Å². The first kappa shape index (κ1) is 13.8. The molecule has 1 aliphatic rings. The van der Waals surface area contributed by atoms with Crippen molar-refractivity contribution in [1.82, 2.24) is 4.90 Å². The highest BCUT2D eigenvalue weighted by molar-refractivity contribution is 5.84. The minimum absolute atomic E-state index is 0.146. The molecule has 1 aliphatic heterocycles. The number of alkyl halides is 3. The summed E-state index contributed by atoms with van der Waals surface area (Å²) in [6.45, 7) is -0.229. The fourth-order valence-electron chi connectivity index (χ4n) is 1.72. The van der Waals surface area contributed by atoms with E-state index in [9.17, 15) is 27.9 Å². The van der Waals surface area contributed by atoms with Crippen molar-refractivity contribution in [1.29, 1.82) is 0 Å². The summed E-state index contributed by atoms with van der Waals surface area (Å²) in [6.07, 6.45) is -7.67. The molecule has 0 aromatic heterocycles. The van der Waals surface area contributed by atoms with E-state index in [1.165, 1.54) is 0 Å². The van der Waals surface area contributed by atoms with Gasteiger partial charge in [0.25, 0.3) is 0 Å². The maximum atomic E-state index is 11.9. The Kier molecular flexibility index (Phi) is 3.97. The zero-order valence-electron chi connectivity index (χ0n) is 8.78. The largest absolute Gasteiger partial charge is 0.480 e. The molecule has 0 radical (unpaired) electrons. The molecule has 2 atom stereocenters. The van der Waals surface area contributed by atoms with Gasteiger partial charge in [0.1, 0.15) is 6.04 Å². The van der Waals surface area contributed by atoms with Crippen molar-refractivity contribution >= 4 is 11.9 Å². The summed E-state index contributed by atoms with van der Waals surface area (Å²) in [6, 6.07) is -1.23. The van der Waals surface area contributed by atoms with E-state index in [4.69, 9.17) is 5.11 Å². The number of likely N-dealkylation sites (tertiary alicyclic amines) is 1. The van der Waals surface area contributed by atoms with Gasteiger partial charge in [-0.3, -0.25) is 4.79 Å². The third-order valence-corrected chi connectivity index (χ3v) is 2.51. The van der Waals surface area contributed by atoms with Crippen LogP contribution in [0.25, 0.3) is 0 Å². The van der Waals surface area contributed by atoms with Gasteiger partial charge in [-0.25, -0.2) is 4.79 Å². The SMILES string of the molecule is O=C(O)[C@@H]1CC(O)CN1C(=O)CCC(F)(F)F. The molecule has 1 saturated heterocycles. The third-order valence-electron chi connectivity index (χ3n) is 2.51. The van der Waals surface area contributed by atoms with Crippen molar-refractivity contribution in [3.8, 4) is 0 Å². The fourth-order valence-corrected chi connectivity index (χ4v) is 1.72. The Bertz CT molecular complexity index is 318. The van der Waals surface area contributed by atoms with Gasteiger partial charge in [0.05, 0.1) is 12.5 Å². The lowest BCUT2D eigenvalue weighted by Gasteiger charge is -2.21. The molecule has 0 aromatic rings. The molecule has 0 saturated carbocycles. The predicted molar refractivity (Wildman–Crippen MR) is 49.0 cm³/mol. The van der Waals surface area contributed by atoms with Crippen molar-refractivity contribution in [2.45, 2.75) is 37.6 Å². The lowest BCUT2D eigenvalue weighted by atomic mass is 10.2. The second-order valence-electron chi connectivity index (χ2n) is 3.90. The molecule has 1 amide bonds. The minimum Gasteiger partial charge on any atom is -0.480 e. The lowest BCUT2D eigenvalue weighted by molar-refractivity contribution is -0.154. The second-order valence-corrected chi connectivity index (χ2v) is 3.90. The maximum absolute atomic E-state index is 11.9. The number of carbonyl (C=O) groups is 2. The van der Waals surface area contributed by atoms with Crippen LogP contribution in [0, 0.1) is 0 Å². The molecule has 1 rings (SSSR count). The molecular weight excluding hydrogens is 243 g/mol. The van der Waals surface area contributed by atoms with Gasteiger partial charge in [0, 0.05) is 19.4 Å². The number of halogens is 3. The van der Waals surface area contributed by atoms with Crippen molar-refractivity contribution in [3.63, 3.8) is 0 Å². The normalized spacial score (nSPS) is 25.1. The standard InChI is InChI=1S/C9H12F3NO4/c10-9(11,12)2-1-7(15)13-4-5(14)3-6(13)8(16)17/h5-6,14H,1-4H2,(H,16,17)/t5?,6-/m0/s1. The third kappa shape index (κ3) is 3.88. The number of rotatable bonds is 3. The summed E-state index contributed by atoms with van der Waals surface area (Å²) in [4.78, 5) is 22.9. The van der Waals surface area contributed by atoms with Gasteiger partial charge in [-0.2, -0.15) is 13.2 Å². The van der Waals surface area contributed by atoms with Crippen LogP contribution in [0.5, 0.6) is 0 Å². The highest BCUT2D eigenvalue weighted by Gasteiger charge is 2.39. The molecular formula is C9H12F3NO4. The lowest BCUT2D eigenvalue weighted by Crippen LogP contribution is -2.40. The summed E-state index contributed by atoms with van der Waals surface area (Å²) in [5.41, 5.74) is 0. The Morgan fingerprint density at radius 2 is 1.94 bits per heavy atom. The highest BCUT2D eigenvalue weighted by atomic mass is 19.4. The number of aliphatic hydroxyl groups is 1. The zero-order chi connectivity index (χ0) is 13.2. The first-order valence-electron chi connectivity index (χ1n) is 4.98. The molecule has 8 heteroatoms. The van der Waals surface area contributed by atoms with E-state index >= 15 is 0 Å². The van der Waals surface area contributed by atoms with Crippen LogP contribution in [0.15, 0.2) is 0 Å². The smallest absolute Gasteiger partial charge is 0.389 e. The molecule has 98 valence electrons. The maximum Gasteiger partial charge on any atom is 0.389 e. The highest BCUT2D eigenvalue weighted by Crippen LogP contribution is 2.24. The van der Waals surface area contributed by atoms with Gasteiger partial charge < -0.3 is 15.1 Å². The van der Waals surface area contributed by atoms with E-state index in [1.807, 2.05) is 0 Å². The van der Waals surface area contributed by atoms with Gasteiger partial charge in [-0.1, -0.05) is 0 Å².